The van der Waals surface area contributed by atoms with Gasteiger partial charge in [0.2, 0.25) is 0 Å². The molecule has 3 atom stereocenters. The number of halogens is 1. The number of ether oxygens (including phenoxy) is 1. The van der Waals surface area contributed by atoms with Crippen LogP contribution < -0.4 is 10.5 Å². The van der Waals surface area contributed by atoms with Crippen molar-refractivity contribution in [3.05, 3.63) is 22.7 Å². The molecule has 0 spiro atoms. The van der Waals surface area contributed by atoms with Crippen molar-refractivity contribution in [2.75, 3.05) is 5.73 Å². The van der Waals surface area contributed by atoms with Gasteiger partial charge in [-0.2, -0.15) is 0 Å². The van der Waals surface area contributed by atoms with Crippen LogP contribution in [0.2, 0.25) is 0 Å². The zero-order chi connectivity index (χ0) is 13.8. The molecule has 3 unspecified atom stereocenters. The van der Waals surface area contributed by atoms with Crippen LogP contribution in [0.4, 0.5) is 5.69 Å². The van der Waals surface area contributed by atoms with E-state index in [1.807, 2.05) is 18.2 Å². The lowest BCUT2D eigenvalue weighted by molar-refractivity contribution is 0.0306. The number of rotatable bonds is 2. The molecule has 19 heavy (non-hydrogen) atoms. The predicted molar refractivity (Wildman–Crippen MR) is 82.2 cm³/mol. The second kappa shape index (κ2) is 4.15. The Morgan fingerprint density at radius 2 is 2.05 bits per heavy atom. The molecule has 0 saturated heterocycles. The van der Waals surface area contributed by atoms with Crippen molar-refractivity contribution in [3.63, 3.8) is 0 Å². The minimum absolute atomic E-state index is 0.270. The first-order valence-corrected chi connectivity index (χ1v) is 7.85. The Morgan fingerprint density at radius 3 is 2.63 bits per heavy atom. The first kappa shape index (κ1) is 13.3. The lowest BCUT2D eigenvalue weighted by atomic mass is 9.70. The van der Waals surface area contributed by atoms with Crippen molar-refractivity contribution < 1.29 is 4.74 Å². The zero-order valence-corrected chi connectivity index (χ0v) is 13.5. The molecule has 3 rings (SSSR count). The average Bonchev–Trinajstić information content (AvgIpc) is 2.67. The van der Waals surface area contributed by atoms with Crippen molar-refractivity contribution in [3.8, 4) is 5.75 Å². The number of anilines is 1. The van der Waals surface area contributed by atoms with Gasteiger partial charge in [-0.3, -0.25) is 0 Å². The lowest BCUT2D eigenvalue weighted by Gasteiger charge is -2.39. The van der Waals surface area contributed by atoms with Gasteiger partial charge in [0.15, 0.2) is 0 Å². The van der Waals surface area contributed by atoms with Crippen molar-refractivity contribution in [2.45, 2.75) is 46.1 Å². The van der Waals surface area contributed by atoms with Crippen LogP contribution >= 0.6 is 15.9 Å². The van der Waals surface area contributed by atoms with Crippen LogP contribution in [0.15, 0.2) is 22.7 Å². The fraction of sp³-hybridized carbons (Fsp3) is 0.625. The fourth-order valence-electron chi connectivity index (χ4n) is 4.07. The van der Waals surface area contributed by atoms with Gasteiger partial charge >= 0.3 is 0 Å². The number of nitrogen functional groups attached to an aromatic ring is 1. The third-order valence-corrected chi connectivity index (χ3v) is 6.45. The third-order valence-electron chi connectivity index (χ3n) is 5.96. The lowest BCUT2D eigenvalue weighted by Crippen LogP contribution is -2.39. The Balaban J connectivity index is 1.88. The van der Waals surface area contributed by atoms with E-state index in [1.165, 1.54) is 12.8 Å². The van der Waals surface area contributed by atoms with Gasteiger partial charge in [0, 0.05) is 9.89 Å². The molecule has 2 saturated carbocycles. The highest BCUT2D eigenvalue weighted by atomic mass is 79.9. The van der Waals surface area contributed by atoms with E-state index < -0.39 is 0 Å². The molecular weight excluding hydrogens is 302 g/mol. The van der Waals surface area contributed by atoms with Crippen LogP contribution in [-0.4, -0.2) is 6.10 Å². The molecule has 2 fully saturated rings. The summed E-state index contributed by atoms with van der Waals surface area (Å²) in [5.41, 5.74) is 7.40. The molecule has 104 valence electrons. The number of fused-ring (bicyclic) bond motifs is 2. The van der Waals surface area contributed by atoms with E-state index in [9.17, 15) is 0 Å². The molecule has 1 aromatic carbocycles. The molecule has 1 aromatic rings. The Bertz CT molecular complexity index is 513. The van der Waals surface area contributed by atoms with Crippen LogP contribution in [0.3, 0.4) is 0 Å². The standard InChI is InChI=1S/C16H22BrNO/c1-15(2)10-6-7-16(15,3)14(8-10)19-13-9-11(17)4-5-12(13)18/h4-5,9-10,14H,6-8,18H2,1-3H3. The van der Waals surface area contributed by atoms with E-state index in [0.717, 1.165) is 28.2 Å². The molecule has 2 aliphatic rings. The molecular formula is C16H22BrNO. The Kier molecular flexibility index (Phi) is 2.90. The Labute approximate surface area is 123 Å². The zero-order valence-electron chi connectivity index (χ0n) is 11.9. The van der Waals surface area contributed by atoms with E-state index in [1.54, 1.807) is 0 Å². The van der Waals surface area contributed by atoms with Crippen molar-refractivity contribution in [1.82, 2.24) is 0 Å². The number of hydrogen-bond donors (Lipinski definition) is 1. The summed E-state index contributed by atoms with van der Waals surface area (Å²) in [6, 6.07) is 5.84. The maximum atomic E-state index is 6.30. The average molecular weight is 324 g/mol. The fourth-order valence-corrected chi connectivity index (χ4v) is 4.41. The van der Waals surface area contributed by atoms with Crippen LogP contribution in [0, 0.1) is 16.7 Å². The molecule has 2 aliphatic carbocycles. The van der Waals surface area contributed by atoms with E-state index >= 15 is 0 Å². The van der Waals surface area contributed by atoms with Gasteiger partial charge in [0.05, 0.1) is 5.69 Å². The Hall–Kier alpha value is -0.700. The largest absolute Gasteiger partial charge is 0.488 e. The highest BCUT2D eigenvalue weighted by Gasteiger charge is 2.62. The van der Waals surface area contributed by atoms with Crippen LogP contribution in [-0.2, 0) is 0 Å². The molecule has 0 heterocycles. The quantitative estimate of drug-likeness (QED) is 0.805. The summed E-state index contributed by atoms with van der Waals surface area (Å²) in [5.74, 6) is 1.61. The molecule has 0 amide bonds. The molecule has 0 aliphatic heterocycles. The van der Waals surface area contributed by atoms with Gasteiger partial charge in [-0.25, -0.2) is 0 Å². The first-order valence-electron chi connectivity index (χ1n) is 7.06. The minimum atomic E-state index is 0.270. The summed E-state index contributed by atoms with van der Waals surface area (Å²) in [5, 5.41) is 0. The third kappa shape index (κ3) is 1.81. The van der Waals surface area contributed by atoms with Gasteiger partial charge in [0.25, 0.3) is 0 Å². The van der Waals surface area contributed by atoms with Crippen molar-refractivity contribution >= 4 is 21.6 Å². The summed E-state index contributed by atoms with van der Waals surface area (Å²) in [4.78, 5) is 0. The molecule has 2 N–H and O–H groups in total. The van der Waals surface area contributed by atoms with E-state index in [2.05, 4.69) is 36.7 Å². The topological polar surface area (TPSA) is 35.2 Å². The molecule has 3 heteroatoms. The summed E-state index contributed by atoms with van der Waals surface area (Å²) in [6.45, 7) is 7.19. The van der Waals surface area contributed by atoms with E-state index in [-0.39, 0.29) is 11.5 Å². The summed E-state index contributed by atoms with van der Waals surface area (Å²) < 4.78 is 7.32. The van der Waals surface area contributed by atoms with Crippen LogP contribution in [0.25, 0.3) is 0 Å². The monoisotopic (exact) mass is 323 g/mol. The summed E-state index contributed by atoms with van der Waals surface area (Å²) in [7, 11) is 0. The SMILES string of the molecule is CC1(C)C2CCC1(C)C(Oc1cc(Br)ccc1N)C2. The van der Waals surface area contributed by atoms with E-state index in [0.29, 0.717) is 5.41 Å². The van der Waals surface area contributed by atoms with E-state index in [4.69, 9.17) is 10.5 Å². The number of hydrogen-bond acceptors (Lipinski definition) is 2. The van der Waals surface area contributed by atoms with Crippen LogP contribution in [0.5, 0.6) is 5.75 Å². The normalized spacial score (nSPS) is 35.6. The van der Waals surface area contributed by atoms with Gasteiger partial charge in [-0.15, -0.1) is 0 Å². The van der Waals surface area contributed by atoms with Gasteiger partial charge in [-0.05, 0) is 48.8 Å². The van der Waals surface area contributed by atoms with Gasteiger partial charge < -0.3 is 10.5 Å². The highest BCUT2D eigenvalue weighted by Crippen LogP contribution is 2.66. The molecule has 2 nitrogen and oxygen atoms in total. The molecule has 0 radical (unpaired) electrons. The predicted octanol–water partition coefficient (Wildman–Crippen LogP) is 4.62. The Morgan fingerprint density at radius 1 is 1.32 bits per heavy atom. The maximum absolute atomic E-state index is 6.30. The van der Waals surface area contributed by atoms with Crippen molar-refractivity contribution in [2.24, 2.45) is 16.7 Å². The second-order valence-electron chi connectivity index (χ2n) is 6.90. The number of benzene rings is 1. The maximum Gasteiger partial charge on any atom is 0.143 e. The second-order valence-corrected chi connectivity index (χ2v) is 7.81. The number of nitrogens with two attached hydrogens (primary N) is 1. The minimum Gasteiger partial charge on any atom is -0.488 e. The van der Waals surface area contributed by atoms with Crippen LogP contribution in [0.1, 0.15) is 40.0 Å². The van der Waals surface area contributed by atoms with Crippen molar-refractivity contribution in [1.29, 1.82) is 0 Å². The molecule has 0 aromatic heterocycles. The van der Waals surface area contributed by atoms with Gasteiger partial charge in [-0.1, -0.05) is 36.7 Å². The highest BCUT2D eigenvalue weighted by molar-refractivity contribution is 9.10. The molecule has 2 bridgehead atoms. The summed E-state index contributed by atoms with van der Waals surface area (Å²) >= 11 is 3.49. The first-order chi connectivity index (χ1) is 8.84. The van der Waals surface area contributed by atoms with Gasteiger partial charge in [0.1, 0.15) is 11.9 Å². The summed E-state index contributed by atoms with van der Waals surface area (Å²) in [6.07, 6.45) is 4.06. The smallest absolute Gasteiger partial charge is 0.143 e.